The van der Waals surface area contributed by atoms with Crippen molar-refractivity contribution in [3.05, 3.63) is 29.8 Å². The van der Waals surface area contributed by atoms with E-state index in [-0.39, 0.29) is 5.41 Å². The van der Waals surface area contributed by atoms with Gasteiger partial charge in [0, 0.05) is 0 Å². The molecule has 2 rings (SSSR count). The fraction of sp³-hybridized carbons (Fsp3) is 0.588. The van der Waals surface area contributed by atoms with Gasteiger partial charge in [-0.3, -0.25) is 0 Å². The topological polar surface area (TPSA) is 33.0 Å². The van der Waals surface area contributed by atoms with Crippen LogP contribution in [0.4, 0.5) is 0 Å². The number of hydrogen-bond donors (Lipinski definition) is 0. The van der Waals surface area contributed by atoms with Gasteiger partial charge in [-0.2, -0.15) is 5.26 Å². The zero-order valence-corrected chi connectivity index (χ0v) is 12.0. The van der Waals surface area contributed by atoms with Crippen molar-refractivity contribution in [2.75, 3.05) is 6.61 Å². The van der Waals surface area contributed by atoms with Gasteiger partial charge in [0.15, 0.2) is 0 Å². The first-order valence-corrected chi connectivity index (χ1v) is 7.30. The molecule has 0 saturated heterocycles. The van der Waals surface area contributed by atoms with Gasteiger partial charge < -0.3 is 4.74 Å². The van der Waals surface area contributed by atoms with Gasteiger partial charge in [-0.25, -0.2) is 0 Å². The Hall–Kier alpha value is -1.49. The lowest BCUT2D eigenvalue weighted by Gasteiger charge is -2.30. The van der Waals surface area contributed by atoms with Crippen LogP contribution in [0, 0.1) is 16.7 Å². The average Bonchev–Trinajstić information content (AvgIpc) is 2.46. The molecule has 1 aromatic carbocycles. The Morgan fingerprint density at radius 2 is 1.89 bits per heavy atom. The van der Waals surface area contributed by atoms with Gasteiger partial charge in [-0.05, 0) is 30.4 Å². The average molecular weight is 257 g/mol. The Morgan fingerprint density at radius 3 is 2.53 bits per heavy atom. The third kappa shape index (κ3) is 3.29. The molecule has 0 N–H and O–H groups in total. The summed E-state index contributed by atoms with van der Waals surface area (Å²) < 4.78 is 6.01. The van der Waals surface area contributed by atoms with E-state index < -0.39 is 0 Å². The molecule has 1 fully saturated rings. The van der Waals surface area contributed by atoms with Gasteiger partial charge in [-0.1, -0.05) is 51.3 Å². The summed E-state index contributed by atoms with van der Waals surface area (Å²) in [5.41, 5.74) is 0.967. The summed E-state index contributed by atoms with van der Waals surface area (Å²) in [6.45, 7) is 4.87. The quantitative estimate of drug-likeness (QED) is 0.785. The first kappa shape index (κ1) is 13.9. The molecule has 1 saturated carbocycles. The number of hydrogen-bond acceptors (Lipinski definition) is 2. The van der Waals surface area contributed by atoms with E-state index in [1.807, 2.05) is 18.2 Å². The highest BCUT2D eigenvalue weighted by atomic mass is 16.5. The number of nitrogens with zero attached hydrogens (tertiary/aromatic N) is 1. The molecule has 102 valence electrons. The molecule has 0 aromatic heterocycles. The van der Waals surface area contributed by atoms with Crippen LogP contribution in [-0.2, 0) is 0 Å². The third-order valence-corrected chi connectivity index (χ3v) is 4.09. The fourth-order valence-electron chi connectivity index (χ4n) is 2.82. The van der Waals surface area contributed by atoms with E-state index in [9.17, 15) is 5.26 Å². The van der Waals surface area contributed by atoms with Crippen LogP contribution in [0.2, 0.25) is 0 Å². The third-order valence-electron chi connectivity index (χ3n) is 4.09. The molecular weight excluding hydrogens is 234 g/mol. The second kappa shape index (κ2) is 6.10. The molecule has 1 aromatic rings. The normalized spacial score (nSPS) is 18.0. The minimum atomic E-state index is -0.262. The van der Waals surface area contributed by atoms with Crippen LogP contribution < -0.4 is 4.74 Å². The second-order valence-electron chi connectivity index (χ2n) is 5.93. The van der Waals surface area contributed by atoms with Crippen LogP contribution in [-0.4, -0.2) is 6.61 Å². The monoisotopic (exact) mass is 257 g/mol. The number of ether oxygens (including phenoxy) is 1. The van der Waals surface area contributed by atoms with Gasteiger partial charge in [-0.15, -0.1) is 0 Å². The lowest BCUT2D eigenvalue weighted by atomic mass is 9.76. The first-order valence-electron chi connectivity index (χ1n) is 7.30. The van der Waals surface area contributed by atoms with E-state index in [4.69, 9.17) is 4.74 Å². The highest BCUT2D eigenvalue weighted by molar-refractivity contribution is 5.35. The van der Waals surface area contributed by atoms with Crippen molar-refractivity contribution in [2.45, 2.75) is 51.9 Å². The van der Waals surface area contributed by atoms with Crippen LogP contribution in [0.1, 0.15) is 57.4 Å². The van der Waals surface area contributed by atoms with Crippen molar-refractivity contribution in [2.24, 2.45) is 5.41 Å². The van der Waals surface area contributed by atoms with Crippen molar-refractivity contribution in [1.82, 2.24) is 0 Å². The van der Waals surface area contributed by atoms with Crippen LogP contribution >= 0.6 is 0 Å². The maximum atomic E-state index is 9.47. The van der Waals surface area contributed by atoms with Crippen molar-refractivity contribution in [1.29, 1.82) is 5.26 Å². The molecule has 2 nitrogen and oxygen atoms in total. The smallest absolute Gasteiger partial charge is 0.122 e. The van der Waals surface area contributed by atoms with Crippen molar-refractivity contribution >= 4 is 0 Å². The van der Waals surface area contributed by atoms with Crippen molar-refractivity contribution in [3.8, 4) is 11.8 Å². The zero-order chi connectivity index (χ0) is 13.7. The maximum absolute atomic E-state index is 9.47. The molecule has 0 radical (unpaired) electrons. The summed E-state index contributed by atoms with van der Waals surface area (Å²) in [5, 5.41) is 9.47. The fourth-order valence-corrected chi connectivity index (χ4v) is 2.82. The van der Waals surface area contributed by atoms with Crippen LogP contribution in [0.5, 0.6) is 5.75 Å². The number of rotatable bonds is 4. The standard InChI is InChI=1S/C17H23NO/c1-14(2)15-8-4-5-9-16(15)19-13-17(12-18)10-6-3-7-11-17/h4-5,8-9,14H,3,6-7,10-11,13H2,1-2H3. The van der Waals surface area contributed by atoms with Crippen molar-refractivity contribution < 1.29 is 4.74 Å². The summed E-state index contributed by atoms with van der Waals surface area (Å²) in [6.07, 6.45) is 5.53. The van der Waals surface area contributed by atoms with E-state index in [0.717, 1.165) is 31.4 Å². The predicted molar refractivity (Wildman–Crippen MR) is 77.2 cm³/mol. The van der Waals surface area contributed by atoms with Crippen LogP contribution in [0.15, 0.2) is 24.3 Å². The molecule has 0 amide bonds. The summed E-state index contributed by atoms with van der Waals surface area (Å²) in [5.74, 6) is 1.39. The molecular formula is C17H23NO. The summed E-state index contributed by atoms with van der Waals surface area (Å²) >= 11 is 0. The lowest BCUT2D eigenvalue weighted by Crippen LogP contribution is -2.29. The number of para-hydroxylation sites is 1. The highest BCUT2D eigenvalue weighted by Gasteiger charge is 2.33. The summed E-state index contributed by atoms with van der Waals surface area (Å²) in [4.78, 5) is 0. The van der Waals surface area contributed by atoms with Gasteiger partial charge in [0.05, 0.1) is 11.5 Å². The van der Waals surface area contributed by atoms with Gasteiger partial charge in [0.2, 0.25) is 0 Å². The molecule has 1 aliphatic carbocycles. The minimum Gasteiger partial charge on any atom is -0.492 e. The summed E-state index contributed by atoms with van der Waals surface area (Å²) in [7, 11) is 0. The Morgan fingerprint density at radius 1 is 1.21 bits per heavy atom. The highest BCUT2D eigenvalue weighted by Crippen LogP contribution is 2.37. The molecule has 1 aliphatic rings. The van der Waals surface area contributed by atoms with E-state index >= 15 is 0 Å². The Balaban J connectivity index is 2.08. The van der Waals surface area contributed by atoms with E-state index in [0.29, 0.717) is 12.5 Å². The number of benzene rings is 1. The van der Waals surface area contributed by atoms with Gasteiger partial charge in [0.25, 0.3) is 0 Å². The minimum absolute atomic E-state index is 0.262. The van der Waals surface area contributed by atoms with Gasteiger partial charge in [0.1, 0.15) is 12.4 Å². The maximum Gasteiger partial charge on any atom is 0.122 e. The Kier molecular flexibility index (Phi) is 4.47. The molecule has 0 heterocycles. The largest absolute Gasteiger partial charge is 0.492 e. The van der Waals surface area contributed by atoms with E-state index in [2.05, 4.69) is 26.0 Å². The van der Waals surface area contributed by atoms with E-state index in [1.165, 1.54) is 12.0 Å². The van der Waals surface area contributed by atoms with Crippen molar-refractivity contribution in [3.63, 3.8) is 0 Å². The molecule has 0 unspecified atom stereocenters. The molecule has 0 atom stereocenters. The predicted octanol–water partition coefficient (Wildman–Crippen LogP) is 4.66. The van der Waals surface area contributed by atoms with E-state index in [1.54, 1.807) is 0 Å². The zero-order valence-electron chi connectivity index (χ0n) is 12.0. The molecule has 0 aliphatic heterocycles. The van der Waals surface area contributed by atoms with Crippen LogP contribution in [0.3, 0.4) is 0 Å². The number of nitriles is 1. The molecule has 0 bridgehead atoms. The van der Waals surface area contributed by atoms with Crippen LogP contribution in [0.25, 0.3) is 0 Å². The molecule has 2 heteroatoms. The first-order chi connectivity index (χ1) is 9.17. The lowest BCUT2D eigenvalue weighted by molar-refractivity contribution is 0.149. The SMILES string of the molecule is CC(C)c1ccccc1OCC1(C#N)CCCCC1. The second-order valence-corrected chi connectivity index (χ2v) is 5.93. The Bertz CT molecular complexity index is 453. The summed E-state index contributed by atoms with van der Waals surface area (Å²) in [6, 6.07) is 10.7. The molecule has 19 heavy (non-hydrogen) atoms. The van der Waals surface area contributed by atoms with Gasteiger partial charge >= 0.3 is 0 Å². The molecule has 0 spiro atoms. The Labute approximate surface area is 116 Å².